The summed E-state index contributed by atoms with van der Waals surface area (Å²) >= 11 is 0. The molecule has 2 aromatic carbocycles. The van der Waals surface area contributed by atoms with Crippen LogP contribution in [0.15, 0.2) is 54.6 Å². The fourth-order valence-corrected chi connectivity index (χ4v) is 3.08. The molecule has 1 unspecified atom stereocenters. The summed E-state index contributed by atoms with van der Waals surface area (Å²) in [6.07, 6.45) is 2.48. The van der Waals surface area contributed by atoms with E-state index in [9.17, 15) is 0 Å². The number of hydrogen-bond acceptors (Lipinski definition) is 3. The molecule has 0 saturated carbocycles. The molecule has 3 nitrogen and oxygen atoms in total. The van der Waals surface area contributed by atoms with Crippen molar-refractivity contribution in [1.82, 2.24) is 4.90 Å². The van der Waals surface area contributed by atoms with Crippen molar-refractivity contribution < 1.29 is 4.74 Å². The monoisotopic (exact) mass is 296 g/mol. The zero-order valence-corrected chi connectivity index (χ0v) is 13.2. The van der Waals surface area contributed by atoms with Crippen LogP contribution >= 0.6 is 0 Å². The summed E-state index contributed by atoms with van der Waals surface area (Å²) in [4.78, 5) is 2.54. The zero-order valence-electron chi connectivity index (χ0n) is 13.2. The first-order chi connectivity index (χ1) is 10.8. The maximum absolute atomic E-state index is 5.21. The third-order valence-corrected chi connectivity index (χ3v) is 4.22. The second kappa shape index (κ2) is 7.32. The third-order valence-electron chi connectivity index (χ3n) is 4.22. The number of benzene rings is 2. The minimum Gasteiger partial charge on any atom is -0.497 e. The third kappa shape index (κ3) is 4.01. The van der Waals surface area contributed by atoms with Gasteiger partial charge in [-0.1, -0.05) is 30.3 Å². The van der Waals surface area contributed by atoms with Gasteiger partial charge in [-0.25, -0.2) is 0 Å². The van der Waals surface area contributed by atoms with Crippen molar-refractivity contribution in [2.24, 2.45) is 0 Å². The van der Waals surface area contributed by atoms with E-state index in [1.54, 1.807) is 7.11 Å². The van der Waals surface area contributed by atoms with Crippen molar-refractivity contribution in [3.05, 3.63) is 60.2 Å². The lowest BCUT2D eigenvalue weighted by Crippen LogP contribution is -2.41. The van der Waals surface area contributed by atoms with Gasteiger partial charge in [0, 0.05) is 24.8 Å². The molecule has 0 amide bonds. The Balaban J connectivity index is 1.55. The highest BCUT2D eigenvalue weighted by Crippen LogP contribution is 2.20. The van der Waals surface area contributed by atoms with E-state index in [0.717, 1.165) is 18.8 Å². The molecule has 1 aliphatic heterocycles. The molecular formula is C19H24N2O. The summed E-state index contributed by atoms with van der Waals surface area (Å²) in [5, 5.41) is 3.65. The molecule has 0 radical (unpaired) electrons. The van der Waals surface area contributed by atoms with E-state index in [0.29, 0.717) is 6.04 Å². The van der Waals surface area contributed by atoms with Gasteiger partial charge in [0.2, 0.25) is 0 Å². The first kappa shape index (κ1) is 14.9. The van der Waals surface area contributed by atoms with Crippen LogP contribution < -0.4 is 10.1 Å². The van der Waals surface area contributed by atoms with E-state index in [4.69, 9.17) is 4.74 Å². The number of piperidine rings is 1. The maximum Gasteiger partial charge on any atom is 0.119 e. The lowest BCUT2D eigenvalue weighted by molar-refractivity contribution is 0.208. The fraction of sp³-hybridized carbons (Fsp3) is 0.368. The van der Waals surface area contributed by atoms with Gasteiger partial charge in [0.05, 0.1) is 7.11 Å². The number of hydrogen-bond donors (Lipinski definition) is 1. The van der Waals surface area contributed by atoms with E-state index in [1.165, 1.54) is 30.6 Å². The van der Waals surface area contributed by atoms with Crippen LogP contribution in [-0.2, 0) is 6.54 Å². The van der Waals surface area contributed by atoms with Gasteiger partial charge in [0.1, 0.15) is 5.75 Å². The minimum atomic E-state index is 0.519. The second-order valence-electron chi connectivity index (χ2n) is 5.93. The van der Waals surface area contributed by atoms with Crippen molar-refractivity contribution in [3.63, 3.8) is 0 Å². The number of likely N-dealkylation sites (tertiary alicyclic amines) is 1. The summed E-state index contributed by atoms with van der Waals surface area (Å²) in [6.45, 7) is 3.33. The van der Waals surface area contributed by atoms with Crippen molar-refractivity contribution in [1.29, 1.82) is 0 Å². The number of rotatable bonds is 5. The molecule has 1 heterocycles. The van der Waals surface area contributed by atoms with Crippen molar-refractivity contribution >= 4 is 5.69 Å². The molecule has 22 heavy (non-hydrogen) atoms. The Hall–Kier alpha value is -2.00. The van der Waals surface area contributed by atoms with Gasteiger partial charge < -0.3 is 10.1 Å². The molecule has 0 aromatic heterocycles. The Bertz CT molecular complexity index is 568. The van der Waals surface area contributed by atoms with E-state index < -0.39 is 0 Å². The smallest absolute Gasteiger partial charge is 0.119 e. The van der Waals surface area contributed by atoms with Crippen molar-refractivity contribution in [2.45, 2.75) is 25.4 Å². The van der Waals surface area contributed by atoms with Gasteiger partial charge in [-0.05, 0) is 49.2 Å². The Labute approximate surface area is 132 Å². The number of nitrogens with zero attached hydrogens (tertiary/aromatic N) is 1. The van der Waals surface area contributed by atoms with Gasteiger partial charge in [-0.3, -0.25) is 4.90 Å². The average molecular weight is 296 g/mol. The van der Waals surface area contributed by atoms with Crippen LogP contribution in [0.4, 0.5) is 5.69 Å². The van der Waals surface area contributed by atoms with E-state index in [2.05, 4.69) is 52.7 Å². The fourth-order valence-electron chi connectivity index (χ4n) is 3.08. The highest BCUT2D eigenvalue weighted by atomic mass is 16.5. The lowest BCUT2D eigenvalue weighted by Gasteiger charge is -2.33. The summed E-state index contributed by atoms with van der Waals surface area (Å²) in [5.41, 5.74) is 2.57. The predicted octanol–water partition coefficient (Wildman–Crippen LogP) is 3.77. The molecule has 1 saturated heterocycles. The molecule has 1 aliphatic rings. The van der Waals surface area contributed by atoms with Gasteiger partial charge in [0.15, 0.2) is 0 Å². The molecular weight excluding hydrogens is 272 g/mol. The zero-order chi connectivity index (χ0) is 15.2. The van der Waals surface area contributed by atoms with Gasteiger partial charge in [0.25, 0.3) is 0 Å². The largest absolute Gasteiger partial charge is 0.497 e. The lowest BCUT2D eigenvalue weighted by atomic mass is 10.0. The van der Waals surface area contributed by atoms with E-state index >= 15 is 0 Å². The number of ether oxygens (including phenoxy) is 1. The molecule has 1 atom stereocenters. The van der Waals surface area contributed by atoms with E-state index in [-0.39, 0.29) is 0 Å². The first-order valence-corrected chi connectivity index (χ1v) is 8.00. The second-order valence-corrected chi connectivity index (χ2v) is 5.93. The van der Waals surface area contributed by atoms with Crippen LogP contribution in [0.3, 0.4) is 0 Å². The normalized spacial score (nSPS) is 18.9. The van der Waals surface area contributed by atoms with Crippen molar-refractivity contribution in [3.8, 4) is 5.75 Å². The summed E-state index contributed by atoms with van der Waals surface area (Å²) in [6, 6.07) is 19.4. The number of methoxy groups -OCH3 is 1. The molecule has 0 bridgehead atoms. The van der Waals surface area contributed by atoms with Gasteiger partial charge >= 0.3 is 0 Å². The molecule has 1 fully saturated rings. The minimum absolute atomic E-state index is 0.519. The predicted molar refractivity (Wildman–Crippen MR) is 91.4 cm³/mol. The topological polar surface area (TPSA) is 24.5 Å². The van der Waals surface area contributed by atoms with Crippen LogP contribution in [0.5, 0.6) is 5.75 Å². The number of nitrogens with one attached hydrogen (secondary N) is 1. The standard InChI is InChI=1S/C19H24N2O/c1-22-19-11-9-17(10-12-19)20-18-8-5-13-21(15-18)14-16-6-3-2-4-7-16/h2-4,6-7,9-12,18,20H,5,8,13-15H2,1H3. The molecule has 1 N–H and O–H groups in total. The maximum atomic E-state index is 5.21. The molecule has 2 aromatic rings. The van der Waals surface area contributed by atoms with Crippen LogP contribution in [0.2, 0.25) is 0 Å². The SMILES string of the molecule is COc1ccc(NC2CCCN(Cc3ccccc3)C2)cc1. The van der Waals surface area contributed by atoms with Gasteiger partial charge in [-0.2, -0.15) is 0 Å². The first-order valence-electron chi connectivity index (χ1n) is 8.00. The Morgan fingerprint density at radius 2 is 1.86 bits per heavy atom. The highest BCUT2D eigenvalue weighted by Gasteiger charge is 2.19. The summed E-state index contributed by atoms with van der Waals surface area (Å²) in [7, 11) is 1.70. The van der Waals surface area contributed by atoms with E-state index in [1.807, 2.05) is 12.1 Å². The highest BCUT2D eigenvalue weighted by molar-refractivity contribution is 5.47. The summed E-state index contributed by atoms with van der Waals surface area (Å²) < 4.78 is 5.21. The molecule has 116 valence electrons. The Morgan fingerprint density at radius 1 is 1.09 bits per heavy atom. The van der Waals surface area contributed by atoms with Crippen LogP contribution in [0.1, 0.15) is 18.4 Å². The molecule has 0 aliphatic carbocycles. The molecule has 3 heteroatoms. The number of anilines is 1. The van der Waals surface area contributed by atoms with Crippen molar-refractivity contribution in [2.75, 3.05) is 25.5 Å². The Kier molecular flexibility index (Phi) is 4.96. The quantitative estimate of drug-likeness (QED) is 0.909. The van der Waals surface area contributed by atoms with Gasteiger partial charge in [-0.15, -0.1) is 0 Å². The van der Waals surface area contributed by atoms with Crippen LogP contribution in [-0.4, -0.2) is 31.1 Å². The Morgan fingerprint density at radius 3 is 2.59 bits per heavy atom. The molecule has 3 rings (SSSR count). The summed E-state index contributed by atoms with van der Waals surface area (Å²) in [5.74, 6) is 0.903. The molecule has 0 spiro atoms. The van der Waals surface area contributed by atoms with Crippen LogP contribution in [0, 0.1) is 0 Å². The van der Waals surface area contributed by atoms with Crippen LogP contribution in [0.25, 0.3) is 0 Å². The average Bonchev–Trinajstić information content (AvgIpc) is 2.57.